The van der Waals surface area contributed by atoms with Crippen molar-refractivity contribution < 1.29 is 4.79 Å². The average Bonchev–Trinajstić information content (AvgIpc) is 3.03. The van der Waals surface area contributed by atoms with Gasteiger partial charge in [-0.15, -0.1) is 0 Å². The number of hydrogen-bond acceptors (Lipinski definition) is 4. The number of nitrogens with one attached hydrogen (secondary N) is 1. The first kappa shape index (κ1) is 19.6. The highest BCUT2D eigenvalue weighted by atomic mass is 16.2. The molecule has 1 N–H and O–H groups in total. The zero-order chi connectivity index (χ0) is 20.4. The summed E-state index contributed by atoms with van der Waals surface area (Å²) >= 11 is 0. The van der Waals surface area contributed by atoms with Gasteiger partial charge in [-0.2, -0.15) is 5.10 Å². The number of carbonyl (C=O) groups is 1. The molecule has 0 spiro atoms. The van der Waals surface area contributed by atoms with Crippen LogP contribution < -0.4 is 10.9 Å². The number of nitrogens with zero attached hydrogens (tertiary/aromatic N) is 4. The van der Waals surface area contributed by atoms with Gasteiger partial charge < -0.3 is 14.8 Å². The number of hydrogen-bond donors (Lipinski definition) is 1. The Morgan fingerprint density at radius 3 is 2.90 bits per heavy atom. The standard InChI is InChI=1S/C22H29N5O2/c1-16-8-5-6-12-26(16)13-7-11-23-20(28)15-27-19-10-4-3-9-17(19)18-14-24-25(2)22(29)21(18)27/h3-4,9-10,14,16H,5-8,11-13,15H2,1-2H3,(H,23,28)/t16-/m1/s1. The zero-order valence-electron chi connectivity index (χ0n) is 17.2. The predicted molar refractivity (Wildman–Crippen MR) is 115 cm³/mol. The fourth-order valence-corrected chi connectivity index (χ4v) is 4.41. The van der Waals surface area contributed by atoms with E-state index in [1.807, 2.05) is 28.8 Å². The minimum Gasteiger partial charge on any atom is -0.355 e. The first-order chi connectivity index (χ1) is 14.1. The van der Waals surface area contributed by atoms with Crippen molar-refractivity contribution in [2.45, 2.75) is 45.2 Å². The van der Waals surface area contributed by atoms with Crippen LogP contribution in [0.15, 0.2) is 35.3 Å². The molecule has 1 amide bonds. The summed E-state index contributed by atoms with van der Waals surface area (Å²) in [5, 5.41) is 8.91. The maximum atomic E-state index is 12.7. The van der Waals surface area contributed by atoms with Gasteiger partial charge in [0, 0.05) is 42.5 Å². The van der Waals surface area contributed by atoms with Gasteiger partial charge in [-0.05, 0) is 38.8 Å². The number of para-hydroxylation sites is 1. The van der Waals surface area contributed by atoms with Crippen molar-refractivity contribution in [3.63, 3.8) is 0 Å². The molecule has 0 radical (unpaired) electrons. The quantitative estimate of drug-likeness (QED) is 0.650. The molecule has 0 bridgehead atoms. The van der Waals surface area contributed by atoms with Crippen molar-refractivity contribution in [2.24, 2.45) is 7.05 Å². The van der Waals surface area contributed by atoms with E-state index in [0.29, 0.717) is 18.1 Å². The zero-order valence-corrected chi connectivity index (χ0v) is 17.2. The number of benzene rings is 1. The highest BCUT2D eigenvalue weighted by Crippen LogP contribution is 2.26. The van der Waals surface area contributed by atoms with Crippen molar-refractivity contribution in [1.29, 1.82) is 0 Å². The molecule has 3 heterocycles. The lowest BCUT2D eigenvalue weighted by molar-refractivity contribution is -0.121. The van der Waals surface area contributed by atoms with Crippen molar-refractivity contribution in [1.82, 2.24) is 24.6 Å². The first-order valence-electron chi connectivity index (χ1n) is 10.5. The lowest BCUT2D eigenvalue weighted by Crippen LogP contribution is -2.39. The van der Waals surface area contributed by atoms with E-state index < -0.39 is 0 Å². The van der Waals surface area contributed by atoms with Crippen LogP contribution in [0.4, 0.5) is 0 Å². The van der Waals surface area contributed by atoms with Crippen LogP contribution in [0.3, 0.4) is 0 Å². The summed E-state index contributed by atoms with van der Waals surface area (Å²) in [6.07, 6.45) is 6.50. The minimum atomic E-state index is -0.189. The molecule has 1 aliphatic rings. The number of aromatic nitrogens is 3. The molecule has 154 valence electrons. The average molecular weight is 396 g/mol. The highest BCUT2D eigenvalue weighted by Gasteiger charge is 2.18. The van der Waals surface area contributed by atoms with Crippen LogP contribution in [0.2, 0.25) is 0 Å². The van der Waals surface area contributed by atoms with Gasteiger partial charge in [-0.1, -0.05) is 24.6 Å². The smallest absolute Gasteiger partial charge is 0.291 e. The number of fused-ring (bicyclic) bond motifs is 3. The lowest BCUT2D eigenvalue weighted by atomic mass is 10.0. The molecular formula is C22H29N5O2. The molecule has 0 aliphatic carbocycles. The van der Waals surface area contributed by atoms with E-state index in [2.05, 4.69) is 22.2 Å². The van der Waals surface area contributed by atoms with Gasteiger partial charge in [-0.25, -0.2) is 4.68 Å². The van der Waals surface area contributed by atoms with E-state index >= 15 is 0 Å². The molecule has 3 aromatic rings. The molecule has 1 atom stereocenters. The molecule has 1 fully saturated rings. The lowest BCUT2D eigenvalue weighted by Gasteiger charge is -2.33. The molecule has 7 heteroatoms. The second-order valence-electron chi connectivity index (χ2n) is 8.02. The van der Waals surface area contributed by atoms with Gasteiger partial charge in [0.15, 0.2) is 0 Å². The molecule has 0 saturated carbocycles. The normalized spacial score (nSPS) is 17.8. The Bertz CT molecular complexity index is 1080. The summed E-state index contributed by atoms with van der Waals surface area (Å²) in [7, 11) is 1.63. The fraction of sp³-hybridized carbons (Fsp3) is 0.500. The molecule has 7 nitrogen and oxygen atoms in total. The summed E-state index contributed by atoms with van der Waals surface area (Å²) in [6.45, 7) is 5.24. The van der Waals surface area contributed by atoms with E-state index in [9.17, 15) is 9.59 Å². The SMILES string of the molecule is C[C@@H]1CCCCN1CCCNC(=O)Cn1c2ccccc2c2cnn(C)c(=O)c21. The van der Waals surface area contributed by atoms with Crippen molar-refractivity contribution >= 4 is 27.7 Å². The van der Waals surface area contributed by atoms with Crippen molar-refractivity contribution in [2.75, 3.05) is 19.6 Å². The van der Waals surface area contributed by atoms with Gasteiger partial charge in [0.1, 0.15) is 12.1 Å². The van der Waals surface area contributed by atoms with Gasteiger partial charge in [-0.3, -0.25) is 9.59 Å². The highest BCUT2D eigenvalue weighted by molar-refractivity contribution is 6.07. The third-order valence-corrected chi connectivity index (χ3v) is 6.05. The fourth-order valence-electron chi connectivity index (χ4n) is 4.41. The van der Waals surface area contributed by atoms with Gasteiger partial charge in [0.25, 0.3) is 5.56 Å². The van der Waals surface area contributed by atoms with Crippen LogP contribution in [0.1, 0.15) is 32.6 Å². The topological polar surface area (TPSA) is 72.2 Å². The number of likely N-dealkylation sites (tertiary alicyclic amines) is 1. The predicted octanol–water partition coefficient (Wildman–Crippen LogP) is 2.27. The Morgan fingerprint density at radius 2 is 2.07 bits per heavy atom. The molecule has 4 rings (SSSR count). The Balaban J connectivity index is 1.46. The third-order valence-electron chi connectivity index (χ3n) is 6.05. The van der Waals surface area contributed by atoms with Crippen LogP contribution >= 0.6 is 0 Å². The van der Waals surface area contributed by atoms with E-state index in [4.69, 9.17) is 0 Å². The Hall–Kier alpha value is -2.67. The van der Waals surface area contributed by atoms with Crippen molar-refractivity contribution in [3.05, 3.63) is 40.8 Å². The number of aryl methyl sites for hydroxylation is 1. The summed E-state index contributed by atoms with van der Waals surface area (Å²) in [5.74, 6) is -0.0711. The Kier molecular flexibility index (Phi) is 5.67. The Labute approximate surface area is 170 Å². The van der Waals surface area contributed by atoms with E-state index in [0.717, 1.165) is 35.8 Å². The number of amides is 1. The third kappa shape index (κ3) is 3.92. The molecular weight excluding hydrogens is 366 g/mol. The summed E-state index contributed by atoms with van der Waals surface area (Å²) in [6, 6.07) is 8.41. The largest absolute Gasteiger partial charge is 0.355 e. The van der Waals surface area contributed by atoms with E-state index in [1.165, 1.54) is 23.9 Å². The van der Waals surface area contributed by atoms with Gasteiger partial charge >= 0.3 is 0 Å². The van der Waals surface area contributed by atoms with E-state index in [1.54, 1.807) is 13.2 Å². The van der Waals surface area contributed by atoms with Crippen LogP contribution in [0, 0.1) is 0 Å². The van der Waals surface area contributed by atoms with E-state index in [-0.39, 0.29) is 18.0 Å². The van der Waals surface area contributed by atoms with Crippen LogP contribution in [0.25, 0.3) is 21.8 Å². The summed E-state index contributed by atoms with van der Waals surface area (Å²) in [5.41, 5.74) is 1.22. The second-order valence-corrected chi connectivity index (χ2v) is 8.02. The number of rotatable bonds is 6. The minimum absolute atomic E-state index is 0.0711. The second kappa shape index (κ2) is 8.37. The number of carbonyl (C=O) groups excluding carboxylic acids is 1. The number of piperidine rings is 1. The monoisotopic (exact) mass is 395 g/mol. The molecule has 0 unspecified atom stereocenters. The summed E-state index contributed by atoms with van der Waals surface area (Å²) < 4.78 is 3.13. The first-order valence-corrected chi connectivity index (χ1v) is 10.5. The maximum Gasteiger partial charge on any atom is 0.291 e. The van der Waals surface area contributed by atoms with Gasteiger partial charge in [0.2, 0.25) is 5.91 Å². The Morgan fingerprint density at radius 1 is 1.24 bits per heavy atom. The van der Waals surface area contributed by atoms with Crippen molar-refractivity contribution in [3.8, 4) is 0 Å². The molecule has 1 aliphatic heterocycles. The summed E-state index contributed by atoms with van der Waals surface area (Å²) in [4.78, 5) is 27.9. The van der Waals surface area contributed by atoms with Crippen LogP contribution in [0.5, 0.6) is 0 Å². The van der Waals surface area contributed by atoms with Crippen LogP contribution in [-0.2, 0) is 18.4 Å². The maximum absolute atomic E-state index is 12.7. The van der Waals surface area contributed by atoms with Gasteiger partial charge in [0.05, 0.1) is 6.20 Å². The van der Waals surface area contributed by atoms with Crippen LogP contribution in [-0.4, -0.2) is 50.8 Å². The molecule has 1 aromatic carbocycles. The molecule has 29 heavy (non-hydrogen) atoms. The molecule has 2 aromatic heterocycles. The molecule has 1 saturated heterocycles.